The van der Waals surface area contributed by atoms with Crippen LogP contribution in [0.3, 0.4) is 0 Å². The molecule has 3 amide bonds. The Bertz CT molecular complexity index is 420. The normalized spacial score (nSPS) is 27.4. The number of aliphatic carboxylic acids is 1. The molecule has 0 aliphatic carbocycles. The van der Waals surface area contributed by atoms with E-state index in [0.29, 0.717) is 0 Å². The van der Waals surface area contributed by atoms with Crippen molar-refractivity contribution in [2.24, 2.45) is 11.8 Å². The monoisotopic (exact) mass is 238 g/mol. The van der Waals surface area contributed by atoms with Crippen molar-refractivity contribution in [3.63, 3.8) is 0 Å². The summed E-state index contributed by atoms with van der Waals surface area (Å²) in [4.78, 5) is 45.7. The van der Waals surface area contributed by atoms with E-state index in [1.807, 2.05) is 0 Å². The summed E-state index contributed by atoms with van der Waals surface area (Å²) in [5.41, 5.74) is 0. The molecule has 0 aromatic rings. The SMILES string of the molecule is O=C(O)/C=C/C(=O)N1C[C@H]2C(=O)NC(=O)[C@@H]2C1. The Labute approximate surface area is 96.1 Å². The highest BCUT2D eigenvalue weighted by Crippen LogP contribution is 2.28. The number of fused-ring (bicyclic) bond motifs is 1. The van der Waals surface area contributed by atoms with Crippen LogP contribution in [0, 0.1) is 11.8 Å². The van der Waals surface area contributed by atoms with E-state index in [9.17, 15) is 19.2 Å². The Kier molecular flexibility index (Phi) is 2.66. The van der Waals surface area contributed by atoms with Gasteiger partial charge in [-0.15, -0.1) is 0 Å². The van der Waals surface area contributed by atoms with Crippen LogP contribution in [0.25, 0.3) is 0 Å². The van der Waals surface area contributed by atoms with E-state index >= 15 is 0 Å². The molecule has 0 unspecified atom stereocenters. The average molecular weight is 238 g/mol. The van der Waals surface area contributed by atoms with Crippen LogP contribution in [-0.4, -0.2) is 46.8 Å². The first-order valence-electron chi connectivity index (χ1n) is 5.03. The lowest BCUT2D eigenvalue weighted by atomic mass is 10.00. The number of amides is 3. The molecular weight excluding hydrogens is 228 g/mol. The number of likely N-dealkylation sites (tertiary alicyclic amines) is 1. The van der Waals surface area contributed by atoms with Crippen molar-refractivity contribution in [2.75, 3.05) is 13.1 Å². The molecule has 0 bridgehead atoms. The minimum Gasteiger partial charge on any atom is -0.478 e. The smallest absolute Gasteiger partial charge is 0.328 e. The number of hydrogen-bond acceptors (Lipinski definition) is 4. The average Bonchev–Trinajstić information content (AvgIpc) is 2.79. The van der Waals surface area contributed by atoms with Gasteiger partial charge in [-0.3, -0.25) is 19.7 Å². The largest absolute Gasteiger partial charge is 0.478 e. The van der Waals surface area contributed by atoms with Crippen molar-refractivity contribution in [1.82, 2.24) is 10.2 Å². The van der Waals surface area contributed by atoms with Crippen molar-refractivity contribution >= 4 is 23.7 Å². The molecule has 0 saturated carbocycles. The summed E-state index contributed by atoms with van der Waals surface area (Å²) in [6.07, 6.45) is 1.66. The molecule has 7 heteroatoms. The Hall–Kier alpha value is -2.18. The Balaban J connectivity index is 2.03. The van der Waals surface area contributed by atoms with Gasteiger partial charge in [0.1, 0.15) is 0 Å². The summed E-state index contributed by atoms with van der Waals surface area (Å²) in [6.45, 7) is 0.316. The molecule has 2 heterocycles. The fraction of sp³-hybridized carbons (Fsp3) is 0.400. The predicted octanol–water partition coefficient (Wildman–Crippen LogP) is -1.64. The first kappa shape index (κ1) is 11.3. The molecule has 0 spiro atoms. The van der Waals surface area contributed by atoms with Crippen LogP contribution in [0.1, 0.15) is 0 Å². The quantitative estimate of drug-likeness (QED) is 0.443. The third kappa shape index (κ3) is 2.03. The summed E-state index contributed by atoms with van der Waals surface area (Å²) >= 11 is 0. The summed E-state index contributed by atoms with van der Waals surface area (Å²) in [5.74, 6) is -3.43. The number of carboxylic acid groups (broad SMARTS) is 1. The number of hydrogen-bond donors (Lipinski definition) is 2. The van der Waals surface area contributed by atoms with Crippen molar-refractivity contribution < 1.29 is 24.3 Å². The number of nitrogens with zero attached hydrogens (tertiary/aromatic N) is 1. The molecule has 0 radical (unpaired) electrons. The molecule has 7 nitrogen and oxygen atoms in total. The number of carbonyl (C=O) groups is 4. The third-order valence-electron chi connectivity index (χ3n) is 2.92. The highest BCUT2D eigenvalue weighted by atomic mass is 16.4. The molecule has 2 N–H and O–H groups in total. The van der Waals surface area contributed by atoms with Crippen molar-refractivity contribution in [3.8, 4) is 0 Å². The maximum atomic E-state index is 11.5. The summed E-state index contributed by atoms with van der Waals surface area (Å²) in [7, 11) is 0. The van der Waals surface area contributed by atoms with Crippen molar-refractivity contribution in [2.45, 2.75) is 0 Å². The highest BCUT2D eigenvalue weighted by Gasteiger charge is 2.48. The molecule has 2 aliphatic heterocycles. The highest BCUT2D eigenvalue weighted by molar-refractivity contribution is 6.06. The number of carbonyl (C=O) groups excluding carboxylic acids is 3. The van der Waals surface area contributed by atoms with Crippen LogP contribution in [0.2, 0.25) is 0 Å². The number of carboxylic acids is 1. The van der Waals surface area contributed by atoms with Gasteiger partial charge in [-0.25, -0.2) is 4.79 Å². The molecule has 90 valence electrons. The van der Waals surface area contributed by atoms with Crippen LogP contribution >= 0.6 is 0 Å². The first-order valence-corrected chi connectivity index (χ1v) is 5.03. The van der Waals surface area contributed by atoms with Crippen molar-refractivity contribution in [3.05, 3.63) is 12.2 Å². The van der Waals surface area contributed by atoms with Gasteiger partial charge in [0, 0.05) is 25.2 Å². The zero-order valence-corrected chi connectivity index (χ0v) is 8.75. The summed E-state index contributed by atoms with van der Waals surface area (Å²) < 4.78 is 0. The van der Waals surface area contributed by atoms with E-state index in [1.54, 1.807) is 0 Å². The second-order valence-corrected chi connectivity index (χ2v) is 3.98. The van der Waals surface area contributed by atoms with E-state index in [0.717, 1.165) is 12.2 Å². The van der Waals surface area contributed by atoms with Gasteiger partial charge in [0.2, 0.25) is 17.7 Å². The molecule has 2 saturated heterocycles. The van der Waals surface area contributed by atoms with Crippen LogP contribution in [-0.2, 0) is 19.2 Å². The van der Waals surface area contributed by atoms with E-state index in [1.165, 1.54) is 4.90 Å². The van der Waals surface area contributed by atoms with Crippen LogP contribution in [0.4, 0.5) is 0 Å². The van der Waals surface area contributed by atoms with Crippen LogP contribution < -0.4 is 5.32 Å². The third-order valence-corrected chi connectivity index (χ3v) is 2.92. The molecule has 2 rings (SSSR count). The van der Waals surface area contributed by atoms with Crippen LogP contribution in [0.5, 0.6) is 0 Å². The second-order valence-electron chi connectivity index (χ2n) is 3.98. The molecule has 0 aromatic carbocycles. The van der Waals surface area contributed by atoms with Gasteiger partial charge in [0.25, 0.3) is 0 Å². The first-order chi connectivity index (χ1) is 7.99. The zero-order valence-electron chi connectivity index (χ0n) is 8.75. The zero-order chi connectivity index (χ0) is 12.6. The molecule has 2 atom stereocenters. The van der Waals surface area contributed by atoms with E-state index < -0.39 is 23.7 Å². The van der Waals surface area contributed by atoms with Gasteiger partial charge in [-0.1, -0.05) is 0 Å². The minimum atomic E-state index is -1.22. The molecule has 17 heavy (non-hydrogen) atoms. The number of rotatable bonds is 2. The Morgan fingerprint density at radius 2 is 1.71 bits per heavy atom. The standard InChI is InChI=1S/C10H10N2O5/c13-7(1-2-8(14)15)12-3-5-6(4-12)10(17)11-9(5)16/h1-2,5-6H,3-4H2,(H,14,15)(H,11,16,17)/b2-1+/t5-,6-/m1/s1. The second kappa shape index (κ2) is 4.00. The predicted molar refractivity (Wildman–Crippen MR) is 53.5 cm³/mol. The summed E-state index contributed by atoms with van der Waals surface area (Å²) in [6, 6.07) is 0. The fourth-order valence-corrected chi connectivity index (χ4v) is 2.07. The van der Waals surface area contributed by atoms with E-state index in [2.05, 4.69) is 5.32 Å². The number of imide groups is 1. The maximum Gasteiger partial charge on any atom is 0.328 e. The lowest BCUT2D eigenvalue weighted by molar-refractivity contribution is -0.133. The maximum absolute atomic E-state index is 11.5. The van der Waals surface area contributed by atoms with Gasteiger partial charge in [0.05, 0.1) is 11.8 Å². The topological polar surface area (TPSA) is 104 Å². The van der Waals surface area contributed by atoms with Gasteiger partial charge in [0.15, 0.2) is 0 Å². The lowest BCUT2D eigenvalue weighted by Crippen LogP contribution is -2.34. The summed E-state index contributed by atoms with van der Waals surface area (Å²) in [5, 5.41) is 10.6. The fourth-order valence-electron chi connectivity index (χ4n) is 2.07. The molecule has 2 fully saturated rings. The number of nitrogens with one attached hydrogen (secondary N) is 1. The minimum absolute atomic E-state index is 0.158. The Morgan fingerprint density at radius 3 is 2.18 bits per heavy atom. The van der Waals surface area contributed by atoms with Crippen LogP contribution in [0.15, 0.2) is 12.2 Å². The van der Waals surface area contributed by atoms with Gasteiger partial charge >= 0.3 is 5.97 Å². The van der Waals surface area contributed by atoms with Gasteiger partial charge < -0.3 is 10.0 Å². The van der Waals surface area contributed by atoms with Crippen molar-refractivity contribution in [1.29, 1.82) is 0 Å². The van der Waals surface area contributed by atoms with Gasteiger partial charge in [-0.05, 0) is 0 Å². The Morgan fingerprint density at radius 1 is 1.18 bits per heavy atom. The molecular formula is C10H10N2O5. The molecule has 0 aromatic heterocycles. The van der Waals surface area contributed by atoms with Gasteiger partial charge in [-0.2, -0.15) is 0 Å². The molecule has 2 aliphatic rings. The lowest BCUT2D eigenvalue weighted by Gasteiger charge is -2.14. The van der Waals surface area contributed by atoms with E-state index in [4.69, 9.17) is 5.11 Å². The van der Waals surface area contributed by atoms with E-state index in [-0.39, 0.29) is 24.9 Å².